The number of hydrogen-bond donors (Lipinski definition) is 1. The van der Waals surface area contributed by atoms with Crippen molar-refractivity contribution in [3.63, 3.8) is 0 Å². The average molecular weight is 238 g/mol. The maximum atomic E-state index is 8.77. The Morgan fingerprint density at radius 3 is 2.75 bits per heavy atom. The third kappa shape index (κ3) is 3.60. The molecule has 1 aromatic heterocycles. The van der Waals surface area contributed by atoms with Crippen LogP contribution >= 0.6 is 11.3 Å². The molecule has 4 heteroatoms. The molecule has 0 saturated heterocycles. The molecular weight excluding hydrogens is 220 g/mol. The Hall–Kier alpha value is -0.890. The van der Waals surface area contributed by atoms with E-state index in [1.807, 2.05) is 12.1 Å². The first kappa shape index (κ1) is 13.2. The molecular formula is C12H18N2OS. The maximum absolute atomic E-state index is 8.77. The lowest BCUT2D eigenvalue weighted by Gasteiger charge is -2.29. The number of ether oxygens (including phenoxy) is 1. The summed E-state index contributed by atoms with van der Waals surface area (Å²) in [5, 5.41) is 12.3. The Morgan fingerprint density at radius 2 is 2.25 bits per heavy atom. The smallest absolute Gasteiger partial charge is 0.110 e. The summed E-state index contributed by atoms with van der Waals surface area (Å²) < 4.78 is 5.16. The molecule has 0 aromatic carbocycles. The molecule has 0 aliphatic heterocycles. The van der Waals surface area contributed by atoms with Gasteiger partial charge in [0, 0.05) is 23.6 Å². The number of methoxy groups -OCH3 is 1. The standard InChI is InChI=1S/C12H18N2OS/c1-9(14-12(2,3)8-15-4)11-6-5-10(7-13)16-11/h5-6,9,14H,8H2,1-4H3. The number of rotatable bonds is 5. The molecule has 0 radical (unpaired) electrons. The van der Waals surface area contributed by atoms with E-state index in [0.717, 1.165) is 4.88 Å². The van der Waals surface area contributed by atoms with Gasteiger partial charge in [0.25, 0.3) is 0 Å². The van der Waals surface area contributed by atoms with E-state index in [0.29, 0.717) is 6.61 Å². The maximum Gasteiger partial charge on any atom is 0.110 e. The molecule has 1 rings (SSSR count). The first-order valence-electron chi connectivity index (χ1n) is 5.25. The second-order valence-corrected chi connectivity index (χ2v) is 5.61. The summed E-state index contributed by atoms with van der Waals surface area (Å²) in [5.74, 6) is 0. The molecule has 0 amide bonds. The van der Waals surface area contributed by atoms with Crippen LogP contribution in [0.5, 0.6) is 0 Å². The number of hydrogen-bond acceptors (Lipinski definition) is 4. The molecule has 0 aliphatic rings. The number of nitrogens with zero attached hydrogens (tertiary/aromatic N) is 1. The van der Waals surface area contributed by atoms with Crippen molar-refractivity contribution in [3.05, 3.63) is 21.9 Å². The summed E-state index contributed by atoms with van der Waals surface area (Å²) in [4.78, 5) is 1.94. The van der Waals surface area contributed by atoms with Gasteiger partial charge in [-0.05, 0) is 32.9 Å². The molecule has 1 unspecified atom stereocenters. The largest absolute Gasteiger partial charge is 0.383 e. The van der Waals surface area contributed by atoms with Gasteiger partial charge in [-0.25, -0.2) is 0 Å². The first-order chi connectivity index (χ1) is 7.48. The summed E-state index contributed by atoms with van der Waals surface area (Å²) >= 11 is 1.54. The second-order valence-electron chi connectivity index (χ2n) is 4.50. The average Bonchev–Trinajstić information content (AvgIpc) is 2.64. The van der Waals surface area contributed by atoms with Gasteiger partial charge in [-0.2, -0.15) is 5.26 Å². The van der Waals surface area contributed by atoms with Crippen molar-refractivity contribution in [2.75, 3.05) is 13.7 Å². The van der Waals surface area contributed by atoms with E-state index >= 15 is 0 Å². The van der Waals surface area contributed by atoms with E-state index in [-0.39, 0.29) is 11.6 Å². The van der Waals surface area contributed by atoms with Gasteiger partial charge in [0.15, 0.2) is 0 Å². The molecule has 1 heterocycles. The van der Waals surface area contributed by atoms with Crippen LogP contribution in [0.4, 0.5) is 0 Å². The van der Waals surface area contributed by atoms with Crippen LogP contribution in [0.25, 0.3) is 0 Å². The van der Waals surface area contributed by atoms with Crippen molar-refractivity contribution in [3.8, 4) is 6.07 Å². The van der Waals surface area contributed by atoms with Gasteiger partial charge in [-0.15, -0.1) is 11.3 Å². The van der Waals surface area contributed by atoms with E-state index in [2.05, 4.69) is 32.2 Å². The summed E-state index contributed by atoms with van der Waals surface area (Å²) in [7, 11) is 1.70. The fourth-order valence-electron chi connectivity index (χ4n) is 1.71. The van der Waals surface area contributed by atoms with Crippen LogP contribution in [0.2, 0.25) is 0 Å². The van der Waals surface area contributed by atoms with Gasteiger partial charge >= 0.3 is 0 Å². The fourth-order valence-corrected chi connectivity index (χ4v) is 2.51. The first-order valence-corrected chi connectivity index (χ1v) is 6.06. The fraction of sp³-hybridized carbons (Fsp3) is 0.583. The number of nitriles is 1. The third-order valence-electron chi connectivity index (χ3n) is 2.28. The predicted octanol–water partition coefficient (Wildman–Crippen LogP) is 2.70. The van der Waals surface area contributed by atoms with Gasteiger partial charge in [-0.1, -0.05) is 0 Å². The van der Waals surface area contributed by atoms with Gasteiger partial charge in [0.2, 0.25) is 0 Å². The Kier molecular flexibility index (Phi) is 4.48. The summed E-state index contributed by atoms with van der Waals surface area (Å²) in [6.07, 6.45) is 0. The zero-order valence-corrected chi connectivity index (χ0v) is 11.0. The van der Waals surface area contributed by atoms with E-state index in [1.54, 1.807) is 7.11 Å². The molecule has 1 atom stereocenters. The van der Waals surface area contributed by atoms with Crippen LogP contribution < -0.4 is 5.32 Å². The Morgan fingerprint density at radius 1 is 1.56 bits per heavy atom. The third-order valence-corrected chi connectivity index (χ3v) is 3.45. The van der Waals surface area contributed by atoms with Crippen molar-refractivity contribution in [1.29, 1.82) is 5.26 Å². The van der Waals surface area contributed by atoms with Crippen LogP contribution in [0.3, 0.4) is 0 Å². The lowest BCUT2D eigenvalue weighted by atomic mass is 10.1. The highest BCUT2D eigenvalue weighted by atomic mass is 32.1. The van der Waals surface area contributed by atoms with Crippen molar-refractivity contribution in [2.24, 2.45) is 0 Å². The quantitative estimate of drug-likeness (QED) is 0.857. The molecule has 0 spiro atoms. The van der Waals surface area contributed by atoms with E-state index < -0.39 is 0 Å². The molecule has 3 nitrogen and oxygen atoms in total. The molecule has 0 saturated carbocycles. The van der Waals surface area contributed by atoms with Crippen molar-refractivity contribution >= 4 is 11.3 Å². The Bertz CT molecular complexity index is 379. The van der Waals surface area contributed by atoms with Crippen LogP contribution in [-0.2, 0) is 4.74 Å². The highest BCUT2D eigenvalue weighted by Gasteiger charge is 2.21. The number of nitrogens with one attached hydrogen (secondary N) is 1. The molecule has 0 aliphatic carbocycles. The van der Waals surface area contributed by atoms with Gasteiger partial charge in [0.1, 0.15) is 10.9 Å². The highest BCUT2D eigenvalue weighted by molar-refractivity contribution is 7.12. The lowest BCUT2D eigenvalue weighted by Crippen LogP contribution is -2.44. The zero-order valence-electron chi connectivity index (χ0n) is 10.2. The molecule has 88 valence electrons. The number of thiophene rings is 1. The Labute approximate surface area is 101 Å². The van der Waals surface area contributed by atoms with Crippen LogP contribution in [0.15, 0.2) is 12.1 Å². The van der Waals surface area contributed by atoms with Gasteiger partial charge < -0.3 is 10.1 Å². The summed E-state index contributed by atoms with van der Waals surface area (Å²) in [6, 6.07) is 6.26. The second kappa shape index (κ2) is 5.44. The van der Waals surface area contributed by atoms with Crippen LogP contribution in [-0.4, -0.2) is 19.3 Å². The van der Waals surface area contributed by atoms with E-state index in [9.17, 15) is 0 Å². The van der Waals surface area contributed by atoms with Crippen molar-refractivity contribution < 1.29 is 4.74 Å². The zero-order chi connectivity index (χ0) is 12.2. The topological polar surface area (TPSA) is 45.0 Å². The Balaban J connectivity index is 2.65. The SMILES string of the molecule is COCC(C)(C)NC(C)c1ccc(C#N)s1. The minimum atomic E-state index is -0.0645. The minimum absolute atomic E-state index is 0.0645. The van der Waals surface area contributed by atoms with E-state index in [4.69, 9.17) is 10.00 Å². The highest BCUT2D eigenvalue weighted by Crippen LogP contribution is 2.24. The molecule has 16 heavy (non-hydrogen) atoms. The normalized spacial score (nSPS) is 13.4. The summed E-state index contributed by atoms with van der Waals surface area (Å²) in [6.45, 7) is 6.97. The molecule has 1 N–H and O–H groups in total. The van der Waals surface area contributed by atoms with E-state index in [1.165, 1.54) is 16.2 Å². The van der Waals surface area contributed by atoms with Gasteiger partial charge in [-0.3, -0.25) is 0 Å². The molecule has 0 fully saturated rings. The molecule has 0 bridgehead atoms. The van der Waals surface area contributed by atoms with Crippen molar-refractivity contribution in [2.45, 2.75) is 32.4 Å². The minimum Gasteiger partial charge on any atom is -0.383 e. The monoisotopic (exact) mass is 238 g/mol. The van der Waals surface area contributed by atoms with Gasteiger partial charge in [0.05, 0.1) is 6.61 Å². The summed E-state index contributed by atoms with van der Waals surface area (Å²) in [5.41, 5.74) is -0.0645. The van der Waals surface area contributed by atoms with Crippen LogP contribution in [0.1, 0.15) is 36.6 Å². The lowest BCUT2D eigenvalue weighted by molar-refractivity contribution is 0.122. The molecule has 1 aromatic rings. The predicted molar refractivity (Wildman–Crippen MR) is 66.5 cm³/mol. The van der Waals surface area contributed by atoms with Crippen LogP contribution in [0, 0.1) is 11.3 Å². The van der Waals surface area contributed by atoms with Crippen molar-refractivity contribution in [1.82, 2.24) is 5.32 Å².